The lowest BCUT2D eigenvalue weighted by molar-refractivity contribution is -0.121. The highest BCUT2D eigenvalue weighted by Gasteiger charge is 2.22. The smallest absolute Gasteiger partial charge is 0.387 e. The number of hydrogen-bond acceptors (Lipinski definition) is 4. The number of aliphatic imine (C=N–C) groups is 1. The molecule has 0 aromatic heterocycles. The van der Waals surface area contributed by atoms with Crippen LogP contribution in [0.2, 0.25) is 0 Å². The summed E-state index contributed by atoms with van der Waals surface area (Å²) >= 11 is 0. The number of carbonyl (C=O) groups excluding carboxylic acids is 1. The topological polar surface area (TPSA) is 84.0 Å². The zero-order chi connectivity index (χ0) is 21.1. The fraction of sp³-hybridized carbons (Fsp3) is 0.600. The maximum atomic E-state index is 12.8. The molecule has 0 heterocycles. The number of halogens is 2. The number of carbonyl (C=O) groups is 1. The van der Waals surface area contributed by atoms with E-state index in [2.05, 4.69) is 25.7 Å². The average Bonchev–Trinajstić information content (AvgIpc) is 3.49. The summed E-state index contributed by atoms with van der Waals surface area (Å²) in [6.07, 6.45) is 3.26. The van der Waals surface area contributed by atoms with Gasteiger partial charge in [-0.05, 0) is 39.2 Å². The number of benzene rings is 1. The Hall–Kier alpha value is -2.58. The molecule has 162 valence electrons. The molecule has 1 fully saturated rings. The SMILES string of the molecule is CCNC(=NCc1cccc(OCC)c1OC(F)F)NCCCC(=O)NC1CC1. The minimum Gasteiger partial charge on any atom is -0.490 e. The Morgan fingerprint density at radius 3 is 2.72 bits per heavy atom. The highest BCUT2D eigenvalue weighted by atomic mass is 19.3. The molecule has 0 saturated heterocycles. The fourth-order valence-corrected chi connectivity index (χ4v) is 2.67. The lowest BCUT2D eigenvalue weighted by Gasteiger charge is -2.15. The number of ether oxygens (including phenoxy) is 2. The molecule has 29 heavy (non-hydrogen) atoms. The maximum Gasteiger partial charge on any atom is 0.387 e. The molecule has 0 spiro atoms. The van der Waals surface area contributed by atoms with Gasteiger partial charge in [-0.2, -0.15) is 8.78 Å². The number of rotatable bonds is 12. The molecule has 0 unspecified atom stereocenters. The Kier molecular flexibility index (Phi) is 9.46. The molecule has 9 heteroatoms. The summed E-state index contributed by atoms with van der Waals surface area (Å²) in [5.74, 6) is 0.874. The molecule has 1 aliphatic carbocycles. The minimum absolute atomic E-state index is 0.000644. The van der Waals surface area contributed by atoms with E-state index in [9.17, 15) is 13.6 Å². The number of alkyl halides is 2. The Labute approximate surface area is 170 Å². The van der Waals surface area contributed by atoms with Gasteiger partial charge in [0, 0.05) is 31.1 Å². The summed E-state index contributed by atoms with van der Waals surface area (Å²) in [5, 5.41) is 9.21. The Bertz CT molecular complexity index is 682. The van der Waals surface area contributed by atoms with Gasteiger partial charge >= 0.3 is 6.61 Å². The quantitative estimate of drug-likeness (QED) is 0.279. The summed E-state index contributed by atoms with van der Waals surface area (Å²) in [5.41, 5.74) is 0.497. The molecule has 1 aromatic carbocycles. The van der Waals surface area contributed by atoms with E-state index in [1.54, 1.807) is 25.1 Å². The van der Waals surface area contributed by atoms with Crippen LogP contribution in [0.25, 0.3) is 0 Å². The molecule has 1 aliphatic rings. The molecule has 3 N–H and O–H groups in total. The zero-order valence-corrected chi connectivity index (χ0v) is 17.0. The van der Waals surface area contributed by atoms with Gasteiger partial charge in [-0.25, -0.2) is 4.99 Å². The van der Waals surface area contributed by atoms with E-state index < -0.39 is 6.61 Å². The molecule has 0 atom stereocenters. The molecule has 1 amide bonds. The number of hydrogen-bond donors (Lipinski definition) is 3. The van der Waals surface area contributed by atoms with Gasteiger partial charge in [-0.3, -0.25) is 4.79 Å². The minimum atomic E-state index is -2.95. The van der Waals surface area contributed by atoms with E-state index in [4.69, 9.17) is 4.74 Å². The van der Waals surface area contributed by atoms with E-state index in [1.165, 1.54) is 0 Å². The monoisotopic (exact) mass is 412 g/mol. The lowest BCUT2D eigenvalue weighted by atomic mass is 10.2. The predicted octanol–water partition coefficient (Wildman–Crippen LogP) is 2.80. The van der Waals surface area contributed by atoms with Gasteiger partial charge in [0.2, 0.25) is 5.91 Å². The van der Waals surface area contributed by atoms with Crippen LogP contribution in [0.3, 0.4) is 0 Å². The van der Waals surface area contributed by atoms with Gasteiger partial charge in [0.1, 0.15) is 0 Å². The first-order chi connectivity index (χ1) is 14.0. The molecular weight excluding hydrogens is 382 g/mol. The second kappa shape index (κ2) is 12.1. The maximum absolute atomic E-state index is 12.8. The van der Waals surface area contributed by atoms with Crippen molar-refractivity contribution >= 4 is 11.9 Å². The van der Waals surface area contributed by atoms with Crippen LogP contribution in [0.5, 0.6) is 11.5 Å². The lowest BCUT2D eigenvalue weighted by Crippen LogP contribution is -2.38. The molecule has 2 rings (SSSR count). The molecule has 1 saturated carbocycles. The Balaban J connectivity index is 1.93. The summed E-state index contributed by atoms with van der Waals surface area (Å²) in [7, 11) is 0. The van der Waals surface area contributed by atoms with E-state index in [0.717, 1.165) is 12.8 Å². The second-order valence-electron chi connectivity index (χ2n) is 6.62. The van der Waals surface area contributed by atoms with Crippen molar-refractivity contribution in [3.05, 3.63) is 23.8 Å². The number of guanidine groups is 1. The number of nitrogens with zero attached hydrogens (tertiary/aromatic N) is 1. The van der Waals surface area contributed by atoms with Crippen molar-refractivity contribution in [2.45, 2.75) is 58.7 Å². The summed E-state index contributed by atoms with van der Waals surface area (Å²) in [4.78, 5) is 16.2. The van der Waals surface area contributed by atoms with Gasteiger partial charge in [0.05, 0.1) is 13.2 Å². The first-order valence-electron chi connectivity index (χ1n) is 10.0. The number of para-hydroxylation sites is 1. The summed E-state index contributed by atoms with van der Waals surface area (Å²) in [6, 6.07) is 5.35. The van der Waals surface area contributed by atoms with Gasteiger partial charge in [0.25, 0.3) is 0 Å². The van der Waals surface area contributed by atoms with Crippen molar-refractivity contribution < 1.29 is 23.0 Å². The number of amides is 1. The van der Waals surface area contributed by atoms with Crippen molar-refractivity contribution in [1.82, 2.24) is 16.0 Å². The summed E-state index contributed by atoms with van der Waals surface area (Å²) < 4.78 is 35.7. The third-order valence-electron chi connectivity index (χ3n) is 4.13. The van der Waals surface area contributed by atoms with Gasteiger partial charge in [-0.1, -0.05) is 12.1 Å². The van der Waals surface area contributed by atoms with Crippen molar-refractivity contribution in [3.8, 4) is 11.5 Å². The zero-order valence-electron chi connectivity index (χ0n) is 17.0. The first kappa shape index (κ1) is 22.7. The van der Waals surface area contributed by atoms with Gasteiger partial charge < -0.3 is 25.4 Å². The van der Waals surface area contributed by atoms with Crippen LogP contribution in [-0.2, 0) is 11.3 Å². The van der Waals surface area contributed by atoms with E-state index in [-0.39, 0.29) is 24.0 Å². The highest BCUT2D eigenvalue weighted by Crippen LogP contribution is 2.33. The van der Waals surface area contributed by atoms with Crippen molar-refractivity contribution in [2.75, 3.05) is 19.7 Å². The largest absolute Gasteiger partial charge is 0.490 e. The molecule has 0 bridgehead atoms. The van der Waals surface area contributed by atoms with Crippen LogP contribution in [0.4, 0.5) is 8.78 Å². The van der Waals surface area contributed by atoms with Crippen molar-refractivity contribution in [2.24, 2.45) is 4.99 Å². The second-order valence-corrected chi connectivity index (χ2v) is 6.62. The molecule has 1 aromatic rings. The third kappa shape index (κ3) is 8.53. The van der Waals surface area contributed by atoms with Crippen LogP contribution in [0, 0.1) is 0 Å². The van der Waals surface area contributed by atoms with Gasteiger partial charge in [-0.15, -0.1) is 0 Å². The molecule has 0 aliphatic heterocycles. The van der Waals surface area contributed by atoms with Crippen LogP contribution in [0.15, 0.2) is 23.2 Å². The standard InChI is InChI=1S/C20H30F2N4O3/c1-3-23-20(24-12-6-9-17(27)26-15-10-11-15)25-13-14-7-5-8-16(28-4-2)18(14)29-19(21)22/h5,7-8,15,19H,3-4,6,9-13H2,1-2H3,(H,26,27)(H2,23,24,25). The Morgan fingerprint density at radius 2 is 2.07 bits per heavy atom. The number of nitrogens with one attached hydrogen (secondary N) is 3. The van der Waals surface area contributed by atoms with E-state index >= 15 is 0 Å². The summed E-state index contributed by atoms with van der Waals surface area (Å²) in [6.45, 7) is 2.45. The van der Waals surface area contributed by atoms with Crippen LogP contribution in [0.1, 0.15) is 45.1 Å². The van der Waals surface area contributed by atoms with Crippen molar-refractivity contribution in [3.63, 3.8) is 0 Å². The van der Waals surface area contributed by atoms with Crippen LogP contribution >= 0.6 is 0 Å². The Morgan fingerprint density at radius 1 is 1.28 bits per heavy atom. The van der Waals surface area contributed by atoms with E-state index in [0.29, 0.717) is 50.1 Å². The van der Waals surface area contributed by atoms with Crippen molar-refractivity contribution in [1.29, 1.82) is 0 Å². The first-order valence-corrected chi connectivity index (χ1v) is 10.0. The van der Waals surface area contributed by atoms with Crippen LogP contribution in [-0.4, -0.2) is 44.2 Å². The molecular formula is C20H30F2N4O3. The predicted molar refractivity (Wildman–Crippen MR) is 107 cm³/mol. The third-order valence-corrected chi connectivity index (χ3v) is 4.13. The highest BCUT2D eigenvalue weighted by molar-refractivity contribution is 5.80. The normalized spacial score (nSPS) is 13.9. The van der Waals surface area contributed by atoms with Crippen LogP contribution < -0.4 is 25.4 Å². The average molecular weight is 412 g/mol. The molecule has 0 radical (unpaired) electrons. The van der Waals surface area contributed by atoms with E-state index in [1.807, 2.05) is 6.92 Å². The molecule has 7 nitrogen and oxygen atoms in total. The fourth-order valence-electron chi connectivity index (χ4n) is 2.67. The van der Waals surface area contributed by atoms with Gasteiger partial charge in [0.15, 0.2) is 17.5 Å².